The topological polar surface area (TPSA) is 41.6 Å². The van der Waals surface area contributed by atoms with Crippen molar-refractivity contribution in [1.29, 1.82) is 5.26 Å². The monoisotopic (exact) mass is 333 g/mol. The summed E-state index contributed by atoms with van der Waals surface area (Å²) in [5.41, 5.74) is 2.33. The molecule has 3 nitrogen and oxygen atoms in total. The molecule has 0 saturated carbocycles. The van der Waals surface area contributed by atoms with Crippen LogP contribution in [0.3, 0.4) is 0 Å². The number of nitrogens with zero attached hydrogens (tertiary/aromatic N) is 3. The Kier molecular flexibility index (Phi) is 4.82. The summed E-state index contributed by atoms with van der Waals surface area (Å²) in [6.45, 7) is 5.37. The summed E-state index contributed by atoms with van der Waals surface area (Å²) >= 11 is 3.67. The van der Waals surface area contributed by atoms with E-state index in [1.54, 1.807) is 0 Å². The first-order valence-corrected chi connectivity index (χ1v) is 8.19. The van der Waals surface area contributed by atoms with Gasteiger partial charge in [0.15, 0.2) is 0 Å². The maximum Gasteiger partial charge on any atom is 0.124 e. The number of fused-ring (bicyclic) bond motifs is 1. The number of para-hydroxylation sites is 2. The van der Waals surface area contributed by atoms with Crippen LogP contribution in [0, 0.1) is 16.7 Å². The van der Waals surface area contributed by atoms with Gasteiger partial charge in [-0.25, -0.2) is 4.98 Å². The molecule has 0 spiro atoms. The molecule has 2 rings (SSSR count). The average molecular weight is 334 g/mol. The quantitative estimate of drug-likeness (QED) is 0.739. The van der Waals surface area contributed by atoms with Crippen LogP contribution >= 0.6 is 15.9 Å². The van der Waals surface area contributed by atoms with Gasteiger partial charge in [-0.05, 0) is 30.4 Å². The molecule has 4 heteroatoms. The Labute approximate surface area is 128 Å². The SMILES string of the molecule is CCC(CC)(CBr)Cn1c(CC#N)nc2ccccc21. The fourth-order valence-electron chi connectivity index (χ4n) is 2.55. The summed E-state index contributed by atoms with van der Waals surface area (Å²) < 4.78 is 2.23. The van der Waals surface area contributed by atoms with E-state index in [1.807, 2.05) is 18.2 Å². The van der Waals surface area contributed by atoms with Gasteiger partial charge in [-0.1, -0.05) is 41.9 Å². The van der Waals surface area contributed by atoms with Crippen molar-refractivity contribution in [3.63, 3.8) is 0 Å². The molecule has 2 aromatic rings. The van der Waals surface area contributed by atoms with E-state index in [4.69, 9.17) is 5.26 Å². The molecule has 0 N–H and O–H groups in total. The van der Waals surface area contributed by atoms with Crippen LogP contribution < -0.4 is 0 Å². The second-order valence-electron chi connectivity index (χ2n) is 5.28. The van der Waals surface area contributed by atoms with E-state index in [1.165, 1.54) is 0 Å². The standard InChI is InChI=1S/C16H20BrN3/c1-3-16(4-2,11-17)12-20-14-8-6-5-7-13(14)19-15(20)9-10-18/h5-8H,3-4,9,11-12H2,1-2H3. The lowest BCUT2D eigenvalue weighted by atomic mass is 9.84. The van der Waals surface area contributed by atoms with E-state index in [2.05, 4.69) is 51.5 Å². The van der Waals surface area contributed by atoms with E-state index in [0.717, 1.165) is 41.6 Å². The summed E-state index contributed by atoms with van der Waals surface area (Å²) in [6.07, 6.45) is 2.57. The Hall–Kier alpha value is -1.34. The molecule has 0 unspecified atom stereocenters. The minimum atomic E-state index is 0.216. The third kappa shape index (κ3) is 2.73. The predicted octanol–water partition coefficient (Wildman–Crippen LogP) is 4.30. The molecule has 20 heavy (non-hydrogen) atoms. The molecule has 1 aromatic carbocycles. The lowest BCUT2D eigenvalue weighted by Gasteiger charge is -2.30. The van der Waals surface area contributed by atoms with Gasteiger partial charge < -0.3 is 4.57 Å². The molecule has 1 aromatic heterocycles. The van der Waals surface area contributed by atoms with Crippen molar-refractivity contribution in [2.45, 2.75) is 39.7 Å². The van der Waals surface area contributed by atoms with Crippen molar-refractivity contribution >= 4 is 27.0 Å². The van der Waals surface area contributed by atoms with Gasteiger partial charge in [-0.15, -0.1) is 0 Å². The van der Waals surface area contributed by atoms with Crippen molar-refractivity contribution in [1.82, 2.24) is 9.55 Å². The second kappa shape index (κ2) is 6.41. The van der Waals surface area contributed by atoms with Gasteiger partial charge in [0.1, 0.15) is 5.82 Å². The average Bonchev–Trinajstić information content (AvgIpc) is 2.83. The van der Waals surface area contributed by atoms with E-state index >= 15 is 0 Å². The molecule has 0 radical (unpaired) electrons. The summed E-state index contributed by atoms with van der Waals surface area (Å²) in [4.78, 5) is 4.61. The van der Waals surface area contributed by atoms with Gasteiger partial charge >= 0.3 is 0 Å². The third-order valence-electron chi connectivity index (χ3n) is 4.25. The van der Waals surface area contributed by atoms with Gasteiger partial charge in [-0.3, -0.25) is 0 Å². The van der Waals surface area contributed by atoms with Crippen LogP contribution in [0.1, 0.15) is 32.5 Å². The molecule has 0 aliphatic heterocycles. The van der Waals surface area contributed by atoms with Crippen LogP contribution in [0.5, 0.6) is 0 Å². The zero-order chi connectivity index (χ0) is 14.6. The normalized spacial score (nSPS) is 11.7. The number of rotatable bonds is 6. The van der Waals surface area contributed by atoms with Crippen LogP contribution in [0.15, 0.2) is 24.3 Å². The van der Waals surface area contributed by atoms with Crippen molar-refractivity contribution in [2.24, 2.45) is 5.41 Å². The van der Waals surface area contributed by atoms with Gasteiger partial charge in [0.25, 0.3) is 0 Å². The highest BCUT2D eigenvalue weighted by Crippen LogP contribution is 2.33. The molecule has 0 aliphatic carbocycles. The second-order valence-corrected chi connectivity index (χ2v) is 5.84. The molecular weight excluding hydrogens is 314 g/mol. The molecule has 0 aliphatic rings. The van der Waals surface area contributed by atoms with Crippen LogP contribution in [0.4, 0.5) is 0 Å². The Morgan fingerprint density at radius 1 is 1.30 bits per heavy atom. The van der Waals surface area contributed by atoms with Crippen LogP contribution in [-0.4, -0.2) is 14.9 Å². The summed E-state index contributed by atoms with van der Waals surface area (Å²) in [5.74, 6) is 0.876. The fraction of sp³-hybridized carbons (Fsp3) is 0.500. The smallest absolute Gasteiger partial charge is 0.124 e. The lowest BCUT2D eigenvalue weighted by Crippen LogP contribution is -2.28. The van der Waals surface area contributed by atoms with Crippen LogP contribution in [-0.2, 0) is 13.0 Å². The fourth-order valence-corrected chi connectivity index (χ4v) is 3.52. The molecular formula is C16H20BrN3. The Bertz CT molecular complexity index is 612. The highest BCUT2D eigenvalue weighted by Gasteiger charge is 2.27. The van der Waals surface area contributed by atoms with E-state index in [-0.39, 0.29) is 5.41 Å². The molecule has 0 fully saturated rings. The van der Waals surface area contributed by atoms with Gasteiger partial charge in [-0.2, -0.15) is 5.26 Å². The van der Waals surface area contributed by atoms with Crippen molar-refractivity contribution in [3.8, 4) is 6.07 Å². The largest absolute Gasteiger partial charge is 0.327 e. The number of imidazole rings is 1. The Morgan fingerprint density at radius 2 is 2.00 bits per heavy atom. The summed E-state index contributed by atoms with van der Waals surface area (Å²) in [7, 11) is 0. The van der Waals surface area contributed by atoms with Gasteiger partial charge in [0, 0.05) is 11.9 Å². The zero-order valence-electron chi connectivity index (χ0n) is 12.1. The first-order valence-electron chi connectivity index (χ1n) is 7.06. The third-order valence-corrected chi connectivity index (χ3v) is 5.44. The summed E-state index contributed by atoms with van der Waals surface area (Å²) in [6, 6.07) is 10.4. The van der Waals surface area contributed by atoms with Gasteiger partial charge in [0.2, 0.25) is 0 Å². The van der Waals surface area contributed by atoms with E-state index in [9.17, 15) is 0 Å². The number of halogens is 1. The number of hydrogen-bond donors (Lipinski definition) is 0. The first kappa shape index (κ1) is 15.1. The van der Waals surface area contributed by atoms with Crippen molar-refractivity contribution in [2.75, 3.05) is 5.33 Å². The summed E-state index contributed by atoms with van der Waals surface area (Å²) in [5, 5.41) is 9.99. The Morgan fingerprint density at radius 3 is 2.60 bits per heavy atom. The highest BCUT2D eigenvalue weighted by atomic mass is 79.9. The van der Waals surface area contributed by atoms with Crippen molar-refractivity contribution in [3.05, 3.63) is 30.1 Å². The van der Waals surface area contributed by atoms with Crippen LogP contribution in [0.2, 0.25) is 0 Å². The molecule has 106 valence electrons. The first-order chi connectivity index (χ1) is 9.69. The van der Waals surface area contributed by atoms with Gasteiger partial charge in [0.05, 0.1) is 23.5 Å². The molecule has 1 heterocycles. The number of aromatic nitrogens is 2. The number of nitriles is 1. The molecule has 0 amide bonds. The minimum absolute atomic E-state index is 0.216. The molecule has 0 saturated heterocycles. The predicted molar refractivity (Wildman–Crippen MR) is 85.9 cm³/mol. The van der Waals surface area contributed by atoms with Crippen molar-refractivity contribution < 1.29 is 0 Å². The number of alkyl halides is 1. The zero-order valence-corrected chi connectivity index (χ0v) is 13.7. The Balaban J connectivity index is 2.51. The van der Waals surface area contributed by atoms with E-state index < -0.39 is 0 Å². The molecule has 0 atom stereocenters. The van der Waals surface area contributed by atoms with Crippen LogP contribution in [0.25, 0.3) is 11.0 Å². The number of benzene rings is 1. The maximum atomic E-state index is 9.03. The minimum Gasteiger partial charge on any atom is -0.327 e. The maximum absolute atomic E-state index is 9.03. The van der Waals surface area contributed by atoms with E-state index in [0.29, 0.717) is 6.42 Å². The lowest BCUT2D eigenvalue weighted by molar-refractivity contribution is 0.260. The highest BCUT2D eigenvalue weighted by molar-refractivity contribution is 9.09. The number of hydrogen-bond acceptors (Lipinski definition) is 2. The molecule has 0 bridgehead atoms.